The second-order valence-corrected chi connectivity index (χ2v) is 10.3. The fourth-order valence-electron chi connectivity index (χ4n) is 7.08. The molecule has 1 aliphatic heterocycles. The summed E-state index contributed by atoms with van der Waals surface area (Å²) in [6.45, 7) is 5.71. The van der Waals surface area contributed by atoms with Gasteiger partial charge in [0, 0.05) is 31.7 Å². The van der Waals surface area contributed by atoms with Crippen molar-refractivity contribution in [3.8, 4) is 5.75 Å². The number of aromatic hydroxyl groups is 1. The maximum Gasteiger partial charge on any atom is 0.222 e. The number of fused-ring (bicyclic) bond motifs is 2. The molecule has 1 saturated heterocycles. The van der Waals surface area contributed by atoms with Crippen molar-refractivity contribution in [2.75, 3.05) is 20.3 Å². The van der Waals surface area contributed by atoms with E-state index in [1.54, 1.807) is 13.2 Å². The van der Waals surface area contributed by atoms with E-state index in [-0.39, 0.29) is 34.8 Å². The van der Waals surface area contributed by atoms with Crippen LogP contribution >= 0.6 is 0 Å². The van der Waals surface area contributed by atoms with Crippen molar-refractivity contribution < 1.29 is 19.4 Å². The first-order valence-electron chi connectivity index (χ1n) is 11.5. The summed E-state index contributed by atoms with van der Waals surface area (Å²) in [5.41, 5.74) is 0.961. The molecule has 1 heterocycles. The molecule has 0 radical (unpaired) electrons. The molecule has 31 heavy (non-hydrogen) atoms. The number of rotatable bonds is 5. The number of hydrogen-bond donors (Lipinski definition) is 2. The number of methoxy groups -OCH3 is 1. The Bertz CT molecular complexity index is 1000. The molecule has 1 spiro atoms. The lowest BCUT2D eigenvalue weighted by Crippen LogP contribution is -2.59. The van der Waals surface area contributed by atoms with Crippen LogP contribution < -0.4 is 5.32 Å². The molecule has 1 unspecified atom stereocenters. The van der Waals surface area contributed by atoms with E-state index in [1.165, 1.54) is 0 Å². The Hall–Kier alpha value is -2.11. The summed E-state index contributed by atoms with van der Waals surface area (Å²) < 4.78 is 11.5. The van der Waals surface area contributed by atoms with Crippen LogP contribution in [0.4, 0.5) is 0 Å². The summed E-state index contributed by atoms with van der Waals surface area (Å²) in [6.07, 6.45) is 3.38. The zero-order valence-corrected chi connectivity index (χ0v) is 18.7. The zero-order chi connectivity index (χ0) is 21.8. The summed E-state index contributed by atoms with van der Waals surface area (Å²) in [5, 5.41) is 16.5. The predicted octanol–water partition coefficient (Wildman–Crippen LogP) is 4.58. The molecule has 5 rings (SSSR count). The molecule has 3 aliphatic rings. The molecule has 2 saturated carbocycles. The lowest BCUT2D eigenvalue weighted by molar-refractivity contribution is -0.137. The van der Waals surface area contributed by atoms with Crippen LogP contribution in [-0.4, -0.2) is 37.4 Å². The highest BCUT2D eigenvalue weighted by Gasteiger charge is 2.68. The van der Waals surface area contributed by atoms with Crippen LogP contribution in [0.5, 0.6) is 5.75 Å². The summed E-state index contributed by atoms with van der Waals surface area (Å²) in [6, 6.07) is 12.1. The number of hydrogen-bond acceptors (Lipinski definition) is 4. The van der Waals surface area contributed by atoms with E-state index in [4.69, 9.17) is 9.47 Å². The van der Waals surface area contributed by atoms with Gasteiger partial charge in [-0.05, 0) is 58.8 Å². The third-order valence-electron chi connectivity index (χ3n) is 8.58. The first kappa shape index (κ1) is 20.8. The summed E-state index contributed by atoms with van der Waals surface area (Å²) in [5.74, 6) is 1.19. The van der Waals surface area contributed by atoms with E-state index >= 15 is 0 Å². The molecule has 166 valence electrons. The molecule has 3 fully saturated rings. The van der Waals surface area contributed by atoms with Gasteiger partial charge in [0.1, 0.15) is 5.75 Å². The third kappa shape index (κ3) is 3.08. The van der Waals surface area contributed by atoms with Gasteiger partial charge in [0.15, 0.2) is 0 Å². The van der Waals surface area contributed by atoms with Crippen LogP contribution in [0.2, 0.25) is 0 Å². The summed E-state index contributed by atoms with van der Waals surface area (Å²) in [4.78, 5) is 12.7. The van der Waals surface area contributed by atoms with Crippen LogP contribution in [0, 0.1) is 22.7 Å². The number of amides is 1. The Kier molecular flexibility index (Phi) is 5.02. The van der Waals surface area contributed by atoms with Crippen molar-refractivity contribution in [2.45, 2.75) is 51.7 Å². The maximum atomic E-state index is 12.7. The van der Waals surface area contributed by atoms with E-state index in [1.807, 2.05) is 18.2 Å². The fourth-order valence-corrected chi connectivity index (χ4v) is 7.08. The number of carbonyl (C=O) groups is 1. The molecule has 1 amide bonds. The van der Waals surface area contributed by atoms with Crippen LogP contribution in [-0.2, 0) is 14.3 Å². The van der Waals surface area contributed by atoms with Crippen molar-refractivity contribution in [3.05, 3.63) is 42.0 Å². The molecule has 5 atom stereocenters. The Morgan fingerprint density at radius 2 is 2.06 bits per heavy atom. The monoisotopic (exact) mass is 423 g/mol. The van der Waals surface area contributed by atoms with Crippen molar-refractivity contribution in [2.24, 2.45) is 22.7 Å². The molecular formula is C26H33NO4. The zero-order valence-electron chi connectivity index (χ0n) is 18.7. The SMILES string of the molecule is COCCC(=O)N[C@H]1C(C)(C)[C@@H]2C[C@@H]3[C@@H](c4c(O)ccc5ccccc45)OCCC31C2. The van der Waals surface area contributed by atoms with Gasteiger partial charge in [-0.1, -0.05) is 44.2 Å². The van der Waals surface area contributed by atoms with Gasteiger partial charge in [-0.3, -0.25) is 4.79 Å². The molecule has 2 aliphatic carbocycles. The molecule has 2 bridgehead atoms. The Morgan fingerprint density at radius 3 is 2.87 bits per heavy atom. The number of phenols is 1. The van der Waals surface area contributed by atoms with E-state index < -0.39 is 0 Å². The first-order valence-corrected chi connectivity index (χ1v) is 11.5. The normalized spacial score (nSPS) is 33.4. The van der Waals surface area contributed by atoms with Gasteiger partial charge >= 0.3 is 0 Å². The molecule has 2 aromatic carbocycles. The molecular weight excluding hydrogens is 390 g/mol. The highest BCUT2D eigenvalue weighted by Crippen LogP contribution is 2.71. The Morgan fingerprint density at radius 1 is 1.26 bits per heavy atom. The quantitative estimate of drug-likeness (QED) is 0.739. The lowest BCUT2D eigenvalue weighted by Gasteiger charge is -2.53. The smallest absolute Gasteiger partial charge is 0.222 e. The van der Waals surface area contributed by atoms with Crippen LogP contribution in [0.15, 0.2) is 36.4 Å². The van der Waals surface area contributed by atoms with Gasteiger partial charge < -0.3 is 19.9 Å². The molecule has 5 heteroatoms. The average Bonchev–Trinajstić information content (AvgIpc) is 3.25. The van der Waals surface area contributed by atoms with Crippen molar-refractivity contribution in [3.63, 3.8) is 0 Å². The minimum atomic E-state index is -0.153. The number of phenolic OH excluding ortho intramolecular Hbond substituents is 1. The highest BCUT2D eigenvalue weighted by atomic mass is 16.5. The highest BCUT2D eigenvalue weighted by molar-refractivity contribution is 5.88. The first-order chi connectivity index (χ1) is 14.9. The second kappa shape index (κ2) is 7.49. The van der Waals surface area contributed by atoms with E-state index in [0.29, 0.717) is 31.3 Å². The van der Waals surface area contributed by atoms with Crippen molar-refractivity contribution in [1.82, 2.24) is 5.32 Å². The van der Waals surface area contributed by atoms with Gasteiger partial charge in [0.2, 0.25) is 5.91 Å². The summed E-state index contributed by atoms with van der Waals surface area (Å²) in [7, 11) is 1.63. The van der Waals surface area contributed by atoms with Crippen molar-refractivity contribution >= 4 is 16.7 Å². The molecule has 2 aromatic rings. The maximum absolute atomic E-state index is 12.7. The second-order valence-electron chi connectivity index (χ2n) is 10.3. The van der Waals surface area contributed by atoms with E-state index in [9.17, 15) is 9.90 Å². The average molecular weight is 424 g/mol. The van der Waals surface area contributed by atoms with Gasteiger partial charge in [0.05, 0.1) is 12.7 Å². The molecule has 0 aromatic heterocycles. The van der Waals surface area contributed by atoms with Gasteiger partial charge in [-0.2, -0.15) is 0 Å². The molecule has 2 N–H and O–H groups in total. The lowest BCUT2D eigenvalue weighted by atomic mass is 9.58. The topological polar surface area (TPSA) is 67.8 Å². The minimum absolute atomic E-state index is 0.00317. The van der Waals surface area contributed by atoms with E-state index in [0.717, 1.165) is 35.6 Å². The Balaban J connectivity index is 1.53. The number of nitrogens with one attached hydrogen (secondary N) is 1. The number of ether oxygens (including phenoxy) is 2. The predicted molar refractivity (Wildman–Crippen MR) is 120 cm³/mol. The van der Waals surface area contributed by atoms with Crippen molar-refractivity contribution in [1.29, 1.82) is 0 Å². The molecule has 5 nitrogen and oxygen atoms in total. The van der Waals surface area contributed by atoms with Gasteiger partial charge in [0.25, 0.3) is 0 Å². The fraction of sp³-hybridized carbons (Fsp3) is 0.577. The Labute approximate surface area is 184 Å². The van der Waals surface area contributed by atoms with Crippen LogP contribution in [0.1, 0.15) is 51.2 Å². The van der Waals surface area contributed by atoms with Crippen LogP contribution in [0.25, 0.3) is 10.8 Å². The standard InChI is InChI=1S/C26H33NO4/c1-25(2)17-14-19-23(22-18-7-5-4-6-16(18)8-9-20(22)28)31-13-11-26(19,15-17)24(25)27-21(29)10-12-30-3/h4-9,17,19,23-24,28H,10-15H2,1-3H3,(H,27,29)/t17-,19-,23+,24+,26?/m1/s1. The van der Waals surface area contributed by atoms with Gasteiger partial charge in [-0.25, -0.2) is 0 Å². The largest absolute Gasteiger partial charge is 0.508 e. The number of carbonyl (C=O) groups excluding carboxylic acids is 1. The van der Waals surface area contributed by atoms with Gasteiger partial charge in [-0.15, -0.1) is 0 Å². The minimum Gasteiger partial charge on any atom is -0.508 e. The third-order valence-corrected chi connectivity index (χ3v) is 8.58. The van der Waals surface area contributed by atoms with E-state index in [2.05, 4.69) is 31.3 Å². The van der Waals surface area contributed by atoms with Crippen LogP contribution in [0.3, 0.4) is 0 Å². The summed E-state index contributed by atoms with van der Waals surface area (Å²) >= 11 is 0. The number of benzene rings is 2.